The number of amides is 2. The van der Waals surface area contributed by atoms with Crippen molar-refractivity contribution >= 4 is 17.5 Å². The average molecular weight is 395 g/mol. The maximum Gasteiger partial charge on any atom is 0.238 e. The zero-order chi connectivity index (χ0) is 20.4. The second kappa shape index (κ2) is 7.85. The summed E-state index contributed by atoms with van der Waals surface area (Å²) in [7, 11) is 0. The summed E-state index contributed by atoms with van der Waals surface area (Å²) in [6.45, 7) is 4.89. The van der Waals surface area contributed by atoms with Crippen LogP contribution in [-0.2, 0) is 16.1 Å². The van der Waals surface area contributed by atoms with Crippen molar-refractivity contribution < 1.29 is 14.0 Å². The Kier molecular flexibility index (Phi) is 5.26. The molecule has 2 aromatic carbocycles. The van der Waals surface area contributed by atoms with E-state index >= 15 is 0 Å². The van der Waals surface area contributed by atoms with Crippen LogP contribution < -0.4 is 10.2 Å². The molecular weight excluding hydrogens is 369 g/mol. The first-order chi connectivity index (χ1) is 14.0. The van der Waals surface area contributed by atoms with Gasteiger partial charge in [-0.05, 0) is 43.5 Å². The first kappa shape index (κ1) is 19.4. The van der Waals surface area contributed by atoms with Crippen molar-refractivity contribution in [3.63, 3.8) is 0 Å². The van der Waals surface area contributed by atoms with E-state index in [0.717, 1.165) is 13.1 Å². The molecule has 2 aromatic rings. The van der Waals surface area contributed by atoms with Crippen LogP contribution in [0.4, 0.5) is 10.1 Å². The van der Waals surface area contributed by atoms with Gasteiger partial charge < -0.3 is 15.1 Å². The average Bonchev–Trinajstić information content (AvgIpc) is 3.55. The number of anilines is 1. The summed E-state index contributed by atoms with van der Waals surface area (Å²) in [6.07, 6.45) is 1.13. The monoisotopic (exact) mass is 395 g/mol. The van der Waals surface area contributed by atoms with Crippen LogP contribution in [0.1, 0.15) is 24.0 Å². The van der Waals surface area contributed by atoms with Gasteiger partial charge in [0.2, 0.25) is 11.8 Å². The molecule has 1 saturated carbocycles. The quantitative estimate of drug-likeness (QED) is 0.792. The van der Waals surface area contributed by atoms with E-state index < -0.39 is 5.41 Å². The SMILES string of the molecule is Cc1cccc(N2CCN(C(=O)C3(C(=O)NCc4ccccc4F)CC3)CC2)c1. The number of nitrogens with one attached hydrogen (secondary N) is 1. The molecule has 1 aliphatic heterocycles. The number of benzene rings is 2. The highest BCUT2D eigenvalue weighted by Crippen LogP contribution is 2.47. The van der Waals surface area contributed by atoms with E-state index in [1.165, 1.54) is 17.3 Å². The second-order valence-electron chi connectivity index (χ2n) is 7.97. The molecule has 4 rings (SSSR count). The standard InChI is InChI=1S/C23H26FN3O2/c1-17-5-4-7-19(15-17)26-11-13-27(14-12-26)22(29)23(9-10-23)21(28)25-16-18-6-2-3-8-20(18)24/h2-8,15H,9-14,16H2,1H3,(H,25,28). The topological polar surface area (TPSA) is 52.7 Å². The molecule has 0 unspecified atom stereocenters. The summed E-state index contributed by atoms with van der Waals surface area (Å²) in [5.74, 6) is -0.726. The lowest BCUT2D eigenvalue weighted by Gasteiger charge is -2.37. The number of halogens is 1. The Hall–Kier alpha value is -2.89. The molecule has 5 nitrogen and oxygen atoms in total. The maximum atomic E-state index is 13.8. The Labute approximate surface area is 170 Å². The van der Waals surface area contributed by atoms with Crippen molar-refractivity contribution in [3.05, 3.63) is 65.5 Å². The Morgan fingerprint density at radius 3 is 2.41 bits per heavy atom. The highest BCUT2D eigenvalue weighted by molar-refractivity contribution is 6.07. The first-order valence-electron chi connectivity index (χ1n) is 10.1. The number of hydrogen-bond donors (Lipinski definition) is 1. The van der Waals surface area contributed by atoms with Crippen molar-refractivity contribution in [1.29, 1.82) is 0 Å². The molecule has 1 aliphatic carbocycles. The van der Waals surface area contributed by atoms with Crippen molar-refractivity contribution in [2.24, 2.45) is 5.41 Å². The summed E-state index contributed by atoms with van der Waals surface area (Å²) in [4.78, 5) is 29.9. The van der Waals surface area contributed by atoms with Crippen molar-refractivity contribution in [1.82, 2.24) is 10.2 Å². The fraction of sp³-hybridized carbons (Fsp3) is 0.391. The van der Waals surface area contributed by atoms with Gasteiger partial charge in [0.05, 0.1) is 0 Å². The van der Waals surface area contributed by atoms with E-state index in [2.05, 4.69) is 35.3 Å². The summed E-state index contributed by atoms with van der Waals surface area (Å²) in [5, 5.41) is 2.77. The number of aryl methyl sites for hydroxylation is 1. The highest BCUT2D eigenvalue weighted by atomic mass is 19.1. The van der Waals surface area contributed by atoms with Crippen molar-refractivity contribution in [2.75, 3.05) is 31.1 Å². The number of nitrogens with zero attached hydrogens (tertiary/aromatic N) is 2. The normalized spacial score (nSPS) is 17.7. The molecule has 1 N–H and O–H groups in total. The zero-order valence-electron chi connectivity index (χ0n) is 16.7. The van der Waals surface area contributed by atoms with Crippen LogP contribution in [-0.4, -0.2) is 42.9 Å². The molecule has 1 heterocycles. The number of carbonyl (C=O) groups excluding carboxylic acids is 2. The maximum absolute atomic E-state index is 13.8. The van der Waals surface area contributed by atoms with Gasteiger partial charge in [-0.15, -0.1) is 0 Å². The van der Waals surface area contributed by atoms with Gasteiger partial charge in [0.15, 0.2) is 0 Å². The number of carbonyl (C=O) groups is 2. The summed E-state index contributed by atoms with van der Waals surface area (Å²) in [5.41, 5.74) is 1.85. The Balaban J connectivity index is 1.34. The lowest BCUT2D eigenvalue weighted by Crippen LogP contribution is -2.53. The molecule has 6 heteroatoms. The first-order valence-corrected chi connectivity index (χ1v) is 10.1. The van der Waals surface area contributed by atoms with Crippen LogP contribution in [0.15, 0.2) is 48.5 Å². The molecular formula is C23H26FN3O2. The lowest BCUT2D eigenvalue weighted by molar-refractivity contribution is -0.144. The minimum Gasteiger partial charge on any atom is -0.368 e. The molecule has 0 bridgehead atoms. The minimum absolute atomic E-state index is 0.0903. The molecule has 2 aliphatic rings. The van der Waals surface area contributed by atoms with Gasteiger partial charge in [-0.1, -0.05) is 30.3 Å². The molecule has 1 saturated heterocycles. The Morgan fingerprint density at radius 2 is 1.76 bits per heavy atom. The van der Waals surface area contributed by atoms with E-state index in [1.54, 1.807) is 18.2 Å². The van der Waals surface area contributed by atoms with Gasteiger partial charge in [-0.2, -0.15) is 0 Å². The minimum atomic E-state index is -0.962. The van der Waals surface area contributed by atoms with Gasteiger partial charge >= 0.3 is 0 Å². The molecule has 0 atom stereocenters. The number of rotatable bonds is 5. The van der Waals surface area contributed by atoms with Crippen LogP contribution in [0.2, 0.25) is 0 Å². The van der Waals surface area contributed by atoms with Crippen LogP contribution in [0.25, 0.3) is 0 Å². The van der Waals surface area contributed by atoms with E-state index in [1.807, 2.05) is 11.0 Å². The third-order valence-electron chi connectivity index (χ3n) is 5.92. The molecule has 0 spiro atoms. The van der Waals surface area contributed by atoms with Gasteiger partial charge in [0, 0.05) is 44.0 Å². The van der Waals surface area contributed by atoms with E-state index in [-0.39, 0.29) is 24.2 Å². The summed E-state index contributed by atoms with van der Waals surface area (Å²) < 4.78 is 13.8. The summed E-state index contributed by atoms with van der Waals surface area (Å²) >= 11 is 0. The van der Waals surface area contributed by atoms with Gasteiger partial charge in [0.1, 0.15) is 11.2 Å². The fourth-order valence-electron chi connectivity index (χ4n) is 3.94. The Morgan fingerprint density at radius 1 is 1.03 bits per heavy atom. The smallest absolute Gasteiger partial charge is 0.238 e. The largest absolute Gasteiger partial charge is 0.368 e. The number of hydrogen-bond acceptors (Lipinski definition) is 3. The molecule has 0 aromatic heterocycles. The van der Waals surface area contributed by atoms with Gasteiger partial charge in [-0.25, -0.2) is 4.39 Å². The molecule has 2 amide bonds. The van der Waals surface area contributed by atoms with Crippen LogP contribution in [0, 0.1) is 18.2 Å². The van der Waals surface area contributed by atoms with Crippen LogP contribution >= 0.6 is 0 Å². The molecule has 0 radical (unpaired) electrons. The van der Waals surface area contributed by atoms with E-state index in [0.29, 0.717) is 31.5 Å². The second-order valence-corrected chi connectivity index (χ2v) is 7.97. The van der Waals surface area contributed by atoms with Crippen molar-refractivity contribution in [2.45, 2.75) is 26.3 Å². The van der Waals surface area contributed by atoms with Crippen molar-refractivity contribution in [3.8, 4) is 0 Å². The molecule has 152 valence electrons. The zero-order valence-corrected chi connectivity index (χ0v) is 16.7. The predicted octanol–water partition coefficient (Wildman–Crippen LogP) is 2.88. The van der Waals surface area contributed by atoms with Crippen LogP contribution in [0.5, 0.6) is 0 Å². The number of piperazine rings is 1. The summed E-state index contributed by atoms with van der Waals surface area (Å²) in [6, 6.07) is 14.7. The lowest BCUT2D eigenvalue weighted by atomic mass is 10.0. The van der Waals surface area contributed by atoms with Crippen LogP contribution in [0.3, 0.4) is 0 Å². The molecule has 2 fully saturated rings. The highest BCUT2D eigenvalue weighted by Gasteiger charge is 2.58. The predicted molar refractivity (Wildman–Crippen MR) is 110 cm³/mol. The molecule has 29 heavy (non-hydrogen) atoms. The van der Waals surface area contributed by atoms with Gasteiger partial charge in [0.25, 0.3) is 0 Å². The van der Waals surface area contributed by atoms with E-state index in [4.69, 9.17) is 0 Å². The third kappa shape index (κ3) is 3.97. The fourth-order valence-corrected chi connectivity index (χ4v) is 3.94. The third-order valence-corrected chi connectivity index (χ3v) is 5.92. The van der Waals surface area contributed by atoms with E-state index in [9.17, 15) is 14.0 Å². The Bertz CT molecular complexity index is 918. The van der Waals surface area contributed by atoms with Gasteiger partial charge in [-0.3, -0.25) is 9.59 Å².